The van der Waals surface area contributed by atoms with Crippen molar-refractivity contribution >= 4 is 0 Å². The van der Waals surface area contributed by atoms with E-state index in [4.69, 9.17) is 0 Å². The van der Waals surface area contributed by atoms with E-state index in [1.807, 2.05) is 36.8 Å². The van der Waals surface area contributed by atoms with E-state index in [9.17, 15) is 0 Å². The molecule has 0 amide bonds. The second kappa shape index (κ2) is 4.95. The van der Waals surface area contributed by atoms with Gasteiger partial charge < -0.3 is 0 Å². The minimum Gasteiger partial charge on any atom is -0.287 e. The van der Waals surface area contributed by atoms with Gasteiger partial charge >= 0.3 is 18.9 Å². The van der Waals surface area contributed by atoms with Crippen molar-refractivity contribution in [3.05, 3.63) is 61.7 Å². The molecular weight excluding hydrogens is 211 g/mol. The van der Waals surface area contributed by atoms with E-state index in [0.717, 1.165) is 6.29 Å². The first-order valence-corrected chi connectivity index (χ1v) is 4.82. The normalized spacial score (nSPS) is 9.88. The number of rotatable bonds is 3. The summed E-state index contributed by atoms with van der Waals surface area (Å²) >= 11 is 0. The van der Waals surface area contributed by atoms with Crippen molar-refractivity contribution in [2.45, 2.75) is 0 Å². The summed E-state index contributed by atoms with van der Waals surface area (Å²) in [5, 5.41) is 12.6. The van der Waals surface area contributed by atoms with Crippen LogP contribution in [0.5, 0.6) is 0 Å². The molecule has 0 aliphatic rings. The van der Waals surface area contributed by atoms with E-state index in [0.29, 0.717) is 0 Å². The smallest absolute Gasteiger partial charge is 0.287 e. The predicted molar refractivity (Wildman–Crippen MR) is 56.1 cm³/mol. The van der Waals surface area contributed by atoms with Crippen LogP contribution in [-0.4, -0.2) is 29.3 Å². The fourth-order valence-corrected chi connectivity index (χ4v) is 1.48. The van der Waals surface area contributed by atoms with E-state index in [-0.39, 0.29) is 18.9 Å². The summed E-state index contributed by atoms with van der Waals surface area (Å²) in [4.78, 5) is 0. The molecule has 0 fully saturated rings. The van der Waals surface area contributed by atoms with Crippen LogP contribution < -0.4 is 18.9 Å². The molecule has 3 heterocycles. The van der Waals surface area contributed by atoms with Gasteiger partial charge in [-0.05, 0) is 18.6 Å². The van der Waals surface area contributed by atoms with Crippen LogP contribution in [0.15, 0.2) is 55.4 Å². The van der Waals surface area contributed by atoms with Crippen molar-refractivity contribution in [2.24, 2.45) is 0 Å². The van der Waals surface area contributed by atoms with E-state index in [2.05, 4.69) is 15.3 Å². The van der Waals surface area contributed by atoms with Crippen LogP contribution in [0.1, 0.15) is 0 Å². The van der Waals surface area contributed by atoms with Gasteiger partial charge in [-0.25, -0.2) is 0 Å². The molecule has 6 nitrogen and oxygen atoms in total. The molecule has 0 saturated carbocycles. The second-order valence-corrected chi connectivity index (χ2v) is 3.15. The third-order valence-electron chi connectivity index (χ3n) is 2.13. The van der Waals surface area contributed by atoms with E-state index in [1.54, 1.807) is 32.6 Å². The maximum absolute atomic E-state index is 4.19. The summed E-state index contributed by atoms with van der Waals surface area (Å²) < 4.78 is 5.12. The number of aromatic nitrogens is 6. The van der Waals surface area contributed by atoms with Crippen molar-refractivity contribution in [3.63, 3.8) is 0 Å². The van der Waals surface area contributed by atoms with Crippen LogP contribution in [0.4, 0.5) is 0 Å². The largest absolute Gasteiger partial charge is 1.00 e. The third kappa shape index (κ3) is 2.13. The van der Waals surface area contributed by atoms with Gasteiger partial charge in [0.05, 0.1) is 0 Å². The zero-order valence-electron chi connectivity index (χ0n) is 9.38. The summed E-state index contributed by atoms with van der Waals surface area (Å²) in [5.74, 6) is 0. The molecule has 0 N–H and O–H groups in total. The first-order chi connectivity index (χ1) is 7.95. The average Bonchev–Trinajstić information content (AvgIpc) is 3.02. The van der Waals surface area contributed by atoms with Crippen LogP contribution >= 0.6 is 0 Å². The van der Waals surface area contributed by atoms with Gasteiger partial charge in [0.15, 0.2) is 6.29 Å². The van der Waals surface area contributed by atoms with Crippen LogP contribution in [-0.2, 0) is 0 Å². The molecule has 7 heteroatoms. The quantitative estimate of drug-likeness (QED) is 0.367. The summed E-state index contributed by atoms with van der Waals surface area (Å²) in [5.41, 5.74) is 0. The molecule has 0 aliphatic carbocycles. The Balaban J connectivity index is 0.00000108. The van der Waals surface area contributed by atoms with Crippen LogP contribution in [0.3, 0.4) is 0 Å². The van der Waals surface area contributed by atoms with Crippen molar-refractivity contribution in [2.75, 3.05) is 0 Å². The van der Waals surface area contributed by atoms with Crippen LogP contribution in [0.25, 0.3) is 0 Å². The average molecular weight is 220 g/mol. The fraction of sp³-hybridized carbons (Fsp3) is 0. The van der Waals surface area contributed by atoms with Gasteiger partial charge in [-0.1, -0.05) is 18.2 Å². The van der Waals surface area contributed by atoms with Crippen LogP contribution in [0, 0.1) is 6.29 Å². The molecular formula is C10H9LiN6. The maximum atomic E-state index is 4.19. The minimum absolute atomic E-state index is 0. The molecule has 0 atom stereocenters. The standard InChI is InChI=1S/C10H9N6.Li/c1-4-11-14(7-1)10(15-8-2-5-12-15)16-9-3-6-13-16;/h1-9H;/q-1;+1. The Morgan fingerprint density at radius 1 is 0.647 bits per heavy atom. The Bertz CT molecular complexity index is 446. The molecule has 0 bridgehead atoms. The maximum Gasteiger partial charge on any atom is 1.00 e. The Hall–Kier alpha value is -1.90. The Kier molecular flexibility index (Phi) is 3.37. The molecule has 0 aromatic carbocycles. The van der Waals surface area contributed by atoms with Crippen molar-refractivity contribution < 1.29 is 18.9 Å². The van der Waals surface area contributed by atoms with E-state index < -0.39 is 0 Å². The van der Waals surface area contributed by atoms with Gasteiger partial charge in [0.25, 0.3) is 0 Å². The summed E-state index contributed by atoms with van der Waals surface area (Å²) in [6.07, 6.45) is 11.4. The number of hydrogen-bond acceptors (Lipinski definition) is 3. The Morgan fingerprint density at radius 3 is 1.24 bits per heavy atom. The second-order valence-electron chi connectivity index (χ2n) is 3.15. The number of nitrogens with zero attached hydrogens (tertiary/aromatic N) is 6. The summed E-state index contributed by atoms with van der Waals surface area (Å²) in [6.45, 7) is 0. The molecule has 0 spiro atoms. The zero-order chi connectivity index (χ0) is 10.8. The molecule has 3 aromatic rings. The molecule has 17 heavy (non-hydrogen) atoms. The van der Waals surface area contributed by atoms with Gasteiger partial charge in [0.2, 0.25) is 0 Å². The van der Waals surface area contributed by atoms with E-state index >= 15 is 0 Å². The topological polar surface area (TPSA) is 53.5 Å². The predicted octanol–water partition coefficient (Wildman–Crippen LogP) is -2.33. The molecule has 80 valence electrons. The zero-order valence-corrected chi connectivity index (χ0v) is 9.38. The Morgan fingerprint density at radius 2 is 1.00 bits per heavy atom. The fourth-order valence-electron chi connectivity index (χ4n) is 1.48. The van der Waals surface area contributed by atoms with Crippen molar-refractivity contribution in [1.29, 1.82) is 0 Å². The van der Waals surface area contributed by atoms with Gasteiger partial charge in [0.1, 0.15) is 0 Å². The Labute approximate surface area is 110 Å². The number of hydrogen-bond donors (Lipinski definition) is 0. The summed E-state index contributed by atoms with van der Waals surface area (Å²) in [6, 6.07) is 5.56. The molecule has 0 radical (unpaired) electrons. The third-order valence-corrected chi connectivity index (χ3v) is 2.13. The molecule has 0 saturated heterocycles. The molecule has 3 rings (SSSR count). The molecule has 3 aromatic heterocycles. The van der Waals surface area contributed by atoms with Gasteiger partial charge in [0, 0.05) is 18.6 Å². The van der Waals surface area contributed by atoms with Gasteiger partial charge in [-0.15, -0.1) is 0 Å². The van der Waals surface area contributed by atoms with Crippen molar-refractivity contribution in [1.82, 2.24) is 29.3 Å². The first kappa shape index (κ1) is 11.6. The minimum atomic E-state index is 0. The van der Waals surface area contributed by atoms with Crippen molar-refractivity contribution in [3.8, 4) is 0 Å². The SMILES string of the molecule is [Li+].c1cnn([C-](n2cccn2)n2cccn2)c1. The van der Waals surface area contributed by atoms with E-state index in [1.165, 1.54) is 0 Å². The molecule has 0 aliphatic heterocycles. The van der Waals surface area contributed by atoms with Gasteiger partial charge in [-0.2, -0.15) is 15.3 Å². The monoisotopic (exact) mass is 220 g/mol. The van der Waals surface area contributed by atoms with Crippen LogP contribution in [0.2, 0.25) is 0 Å². The van der Waals surface area contributed by atoms with Gasteiger partial charge in [-0.3, -0.25) is 14.0 Å². The summed E-state index contributed by atoms with van der Waals surface area (Å²) in [7, 11) is 0. The molecule has 0 unspecified atom stereocenters. The first-order valence-electron chi connectivity index (χ1n) is 4.82.